The Kier molecular flexibility index (Phi) is 6.58. The average Bonchev–Trinajstić information content (AvgIpc) is 2.58. The molecule has 0 fully saturated rings. The van der Waals surface area contributed by atoms with Crippen molar-refractivity contribution in [2.45, 2.75) is 6.42 Å². The number of amides is 1. The second kappa shape index (κ2) is 8.66. The second-order valence-corrected chi connectivity index (χ2v) is 5.73. The summed E-state index contributed by atoms with van der Waals surface area (Å²) in [7, 11) is 3.11. The normalized spacial score (nSPS) is 10.2. The largest absolute Gasteiger partial charge is 0.497 e. The van der Waals surface area contributed by atoms with Crippen LogP contribution in [-0.4, -0.2) is 26.7 Å². The van der Waals surface area contributed by atoms with Gasteiger partial charge in [-0.15, -0.1) is 0 Å². The summed E-state index contributed by atoms with van der Waals surface area (Å²) in [5, 5.41) is 6.89. The molecule has 0 radical (unpaired) electrons. The van der Waals surface area contributed by atoms with Gasteiger partial charge in [0, 0.05) is 24.7 Å². The number of carbonyl (C=O) groups excluding carboxylic acids is 1. The number of methoxy groups -OCH3 is 2. The molecule has 1 amide bonds. The lowest BCUT2D eigenvalue weighted by atomic mass is 10.2. The number of carbonyl (C=O) groups is 1. The van der Waals surface area contributed by atoms with E-state index in [4.69, 9.17) is 32.7 Å². The molecule has 0 bridgehead atoms. The molecular weight excluding hydrogens is 351 g/mol. The molecule has 0 atom stereocenters. The molecule has 7 heteroatoms. The number of anilines is 2. The summed E-state index contributed by atoms with van der Waals surface area (Å²) in [6, 6.07) is 10.4. The van der Waals surface area contributed by atoms with Crippen LogP contribution in [0.4, 0.5) is 11.4 Å². The Morgan fingerprint density at radius 2 is 1.83 bits per heavy atom. The molecule has 0 unspecified atom stereocenters. The first-order chi connectivity index (χ1) is 11.5. The van der Waals surface area contributed by atoms with Crippen molar-refractivity contribution in [2.24, 2.45) is 0 Å². The maximum Gasteiger partial charge on any atom is 0.226 e. The zero-order chi connectivity index (χ0) is 17.5. The van der Waals surface area contributed by atoms with Crippen molar-refractivity contribution < 1.29 is 14.3 Å². The highest BCUT2D eigenvalue weighted by Gasteiger charge is 2.09. The van der Waals surface area contributed by atoms with Gasteiger partial charge in [0.15, 0.2) is 0 Å². The molecule has 5 nitrogen and oxygen atoms in total. The van der Waals surface area contributed by atoms with Crippen LogP contribution in [0.5, 0.6) is 11.5 Å². The van der Waals surface area contributed by atoms with Crippen molar-refractivity contribution in [1.82, 2.24) is 0 Å². The number of hydrogen-bond donors (Lipinski definition) is 2. The molecule has 0 aliphatic heterocycles. The van der Waals surface area contributed by atoms with E-state index in [0.29, 0.717) is 33.8 Å². The van der Waals surface area contributed by atoms with Gasteiger partial charge in [0.05, 0.1) is 30.0 Å². The van der Waals surface area contributed by atoms with E-state index in [9.17, 15) is 4.79 Å². The maximum absolute atomic E-state index is 12.1. The van der Waals surface area contributed by atoms with E-state index in [1.807, 2.05) is 0 Å². The number of hydrogen-bond acceptors (Lipinski definition) is 4. The molecule has 0 aliphatic carbocycles. The minimum atomic E-state index is -0.144. The van der Waals surface area contributed by atoms with Crippen molar-refractivity contribution in [3.63, 3.8) is 0 Å². The van der Waals surface area contributed by atoms with Crippen LogP contribution in [0.25, 0.3) is 0 Å². The molecule has 2 N–H and O–H groups in total. The minimum Gasteiger partial charge on any atom is -0.497 e. The standard InChI is InChI=1S/C17H18Cl2N2O3/c1-23-12-4-6-16(24-2)15(10-12)21-17(22)7-8-20-11-3-5-13(18)14(19)9-11/h3-6,9-10,20H,7-8H2,1-2H3,(H,21,22). The molecule has 2 aromatic carbocycles. The minimum absolute atomic E-state index is 0.144. The number of rotatable bonds is 7. The zero-order valence-corrected chi connectivity index (χ0v) is 14.9. The number of nitrogens with one attached hydrogen (secondary N) is 2. The van der Waals surface area contributed by atoms with Crippen LogP contribution in [-0.2, 0) is 4.79 Å². The van der Waals surface area contributed by atoms with Crippen molar-refractivity contribution in [1.29, 1.82) is 0 Å². The third-order valence-electron chi connectivity index (χ3n) is 3.28. The van der Waals surface area contributed by atoms with Crippen LogP contribution in [0.2, 0.25) is 10.0 Å². The monoisotopic (exact) mass is 368 g/mol. The molecular formula is C17H18Cl2N2O3. The Hall–Kier alpha value is -2.11. The van der Waals surface area contributed by atoms with Crippen molar-refractivity contribution in [3.05, 3.63) is 46.4 Å². The van der Waals surface area contributed by atoms with Crippen LogP contribution >= 0.6 is 23.2 Å². The van der Waals surface area contributed by atoms with Gasteiger partial charge in [0.2, 0.25) is 5.91 Å². The summed E-state index contributed by atoms with van der Waals surface area (Å²) in [6.45, 7) is 0.454. The van der Waals surface area contributed by atoms with Crippen LogP contribution in [0, 0.1) is 0 Å². The van der Waals surface area contributed by atoms with Gasteiger partial charge < -0.3 is 20.1 Å². The number of benzene rings is 2. The Balaban J connectivity index is 1.90. The Bertz CT molecular complexity index is 723. The van der Waals surface area contributed by atoms with E-state index in [-0.39, 0.29) is 12.3 Å². The first-order valence-corrected chi connectivity index (χ1v) is 8.00. The fraction of sp³-hybridized carbons (Fsp3) is 0.235. The molecule has 128 valence electrons. The van der Waals surface area contributed by atoms with Gasteiger partial charge in [-0.05, 0) is 30.3 Å². The fourth-order valence-corrected chi connectivity index (χ4v) is 2.35. The van der Waals surface area contributed by atoms with Crippen molar-refractivity contribution >= 4 is 40.5 Å². The van der Waals surface area contributed by atoms with Crippen LogP contribution in [0.1, 0.15) is 6.42 Å². The van der Waals surface area contributed by atoms with E-state index >= 15 is 0 Å². The summed E-state index contributed by atoms with van der Waals surface area (Å²) in [5.74, 6) is 1.07. The topological polar surface area (TPSA) is 59.6 Å². The molecule has 2 aromatic rings. The van der Waals surface area contributed by atoms with Crippen molar-refractivity contribution in [2.75, 3.05) is 31.4 Å². The van der Waals surface area contributed by atoms with Crippen molar-refractivity contribution in [3.8, 4) is 11.5 Å². The first-order valence-electron chi connectivity index (χ1n) is 7.24. The average molecular weight is 369 g/mol. The van der Waals surface area contributed by atoms with E-state index in [2.05, 4.69) is 10.6 Å². The maximum atomic E-state index is 12.1. The molecule has 0 heterocycles. The summed E-state index contributed by atoms with van der Waals surface area (Å²) >= 11 is 11.8. The van der Waals surface area contributed by atoms with E-state index in [1.165, 1.54) is 0 Å². The Morgan fingerprint density at radius 1 is 1.04 bits per heavy atom. The molecule has 0 saturated carbocycles. The van der Waals surface area contributed by atoms with Gasteiger partial charge in [0.25, 0.3) is 0 Å². The molecule has 0 saturated heterocycles. The third-order valence-corrected chi connectivity index (χ3v) is 4.02. The smallest absolute Gasteiger partial charge is 0.226 e. The molecule has 2 rings (SSSR count). The van der Waals surface area contributed by atoms with E-state index in [0.717, 1.165) is 5.69 Å². The lowest BCUT2D eigenvalue weighted by Crippen LogP contribution is -2.16. The highest BCUT2D eigenvalue weighted by atomic mass is 35.5. The second-order valence-electron chi connectivity index (χ2n) is 4.92. The zero-order valence-electron chi connectivity index (χ0n) is 13.4. The Morgan fingerprint density at radius 3 is 2.50 bits per heavy atom. The quantitative estimate of drug-likeness (QED) is 0.757. The van der Waals surface area contributed by atoms with E-state index < -0.39 is 0 Å². The summed E-state index contributed by atoms with van der Waals surface area (Å²) in [5.41, 5.74) is 1.37. The summed E-state index contributed by atoms with van der Waals surface area (Å²) in [4.78, 5) is 12.1. The molecule has 0 aromatic heterocycles. The molecule has 0 spiro atoms. The van der Waals surface area contributed by atoms with Gasteiger partial charge in [-0.1, -0.05) is 23.2 Å². The lowest BCUT2D eigenvalue weighted by molar-refractivity contribution is -0.115. The highest BCUT2D eigenvalue weighted by Crippen LogP contribution is 2.29. The van der Waals surface area contributed by atoms with E-state index in [1.54, 1.807) is 50.6 Å². The highest BCUT2D eigenvalue weighted by molar-refractivity contribution is 6.42. The predicted octanol–water partition coefficient (Wildman–Crippen LogP) is 4.45. The van der Waals surface area contributed by atoms with Gasteiger partial charge in [-0.3, -0.25) is 4.79 Å². The first kappa shape index (κ1) is 18.2. The molecule has 24 heavy (non-hydrogen) atoms. The number of halogens is 2. The van der Waals surface area contributed by atoms with Gasteiger partial charge in [-0.25, -0.2) is 0 Å². The number of ether oxygens (including phenoxy) is 2. The summed E-state index contributed by atoms with van der Waals surface area (Å²) in [6.07, 6.45) is 0.278. The van der Waals surface area contributed by atoms with Crippen LogP contribution in [0.15, 0.2) is 36.4 Å². The van der Waals surface area contributed by atoms with Crippen LogP contribution in [0.3, 0.4) is 0 Å². The van der Waals surface area contributed by atoms with Gasteiger partial charge >= 0.3 is 0 Å². The summed E-state index contributed by atoms with van der Waals surface area (Å²) < 4.78 is 10.4. The van der Waals surface area contributed by atoms with Gasteiger partial charge in [0.1, 0.15) is 11.5 Å². The lowest BCUT2D eigenvalue weighted by Gasteiger charge is -2.12. The predicted molar refractivity (Wildman–Crippen MR) is 97.7 cm³/mol. The third kappa shape index (κ3) is 4.94. The van der Waals surface area contributed by atoms with Gasteiger partial charge in [-0.2, -0.15) is 0 Å². The Labute approximate surface area is 150 Å². The van der Waals surface area contributed by atoms with Crippen LogP contribution < -0.4 is 20.1 Å². The molecule has 0 aliphatic rings. The fourth-order valence-electron chi connectivity index (χ4n) is 2.05. The SMILES string of the molecule is COc1ccc(OC)c(NC(=O)CCNc2ccc(Cl)c(Cl)c2)c1.